The van der Waals surface area contributed by atoms with Gasteiger partial charge in [-0.15, -0.1) is 0 Å². The number of aliphatic hydroxyl groups is 1. The van der Waals surface area contributed by atoms with Crippen molar-refractivity contribution in [1.82, 2.24) is 36.0 Å². The number of amides is 7. The molecule has 3 aliphatic rings. The highest BCUT2D eigenvalue weighted by Gasteiger charge is 2.59. The Morgan fingerprint density at radius 3 is 2.24 bits per heavy atom. The van der Waals surface area contributed by atoms with E-state index < -0.39 is 126 Å². The SMILES string of the molecule is CC(C)C[C@@H]1NC(=O)[C@@H](N(C)C(=O)[C@@H](NC(=O)[C@@H]2C[C@@H](F)CN2C(=O)[C@@](C)(O)C(F)(F)F)C2CC2)CCCCNC(=O)C(C)(C)NC(=O)[C@H](Cc2c(Cl)ccc(Cl)c2F)N(C)C1=O. The molecular formula is C41H56Cl2F5N7O8. The predicted molar refractivity (Wildman–Crippen MR) is 220 cm³/mol. The van der Waals surface area contributed by atoms with Gasteiger partial charge >= 0.3 is 6.18 Å². The third kappa shape index (κ3) is 12.1. The van der Waals surface area contributed by atoms with Crippen LogP contribution in [0.3, 0.4) is 0 Å². The fourth-order valence-electron chi connectivity index (χ4n) is 7.64. The highest BCUT2D eigenvalue weighted by atomic mass is 35.5. The maximum Gasteiger partial charge on any atom is 0.426 e. The Bertz CT molecular complexity index is 1930. The van der Waals surface area contributed by atoms with Crippen LogP contribution in [-0.4, -0.2) is 142 Å². The first kappa shape index (κ1) is 51.3. The van der Waals surface area contributed by atoms with Crippen molar-refractivity contribution in [2.24, 2.45) is 11.8 Å². The van der Waals surface area contributed by atoms with Crippen molar-refractivity contribution in [2.75, 3.05) is 27.2 Å². The average Bonchev–Trinajstić information content (AvgIpc) is 3.96. The molecule has 1 aliphatic carbocycles. The van der Waals surface area contributed by atoms with E-state index in [2.05, 4.69) is 21.3 Å². The van der Waals surface area contributed by atoms with E-state index in [1.807, 2.05) is 0 Å². The smallest absolute Gasteiger partial charge is 0.373 e. The first-order chi connectivity index (χ1) is 29.1. The molecule has 7 atom stereocenters. The van der Waals surface area contributed by atoms with Crippen LogP contribution in [0.5, 0.6) is 0 Å². The summed E-state index contributed by atoms with van der Waals surface area (Å²) in [7, 11) is 2.55. The lowest BCUT2D eigenvalue weighted by Crippen LogP contribution is -2.62. The molecule has 0 unspecified atom stereocenters. The molecule has 2 saturated heterocycles. The molecule has 352 valence electrons. The van der Waals surface area contributed by atoms with Crippen LogP contribution >= 0.6 is 23.2 Å². The van der Waals surface area contributed by atoms with Crippen molar-refractivity contribution < 1.29 is 60.6 Å². The van der Waals surface area contributed by atoms with Gasteiger partial charge in [0.25, 0.3) is 5.91 Å². The largest absolute Gasteiger partial charge is 0.426 e. The predicted octanol–water partition coefficient (Wildman–Crippen LogP) is 3.20. The van der Waals surface area contributed by atoms with E-state index in [-0.39, 0.29) is 60.7 Å². The van der Waals surface area contributed by atoms with E-state index in [1.165, 1.54) is 40.1 Å². The van der Waals surface area contributed by atoms with E-state index in [0.29, 0.717) is 17.7 Å². The molecule has 15 nitrogen and oxygen atoms in total. The highest BCUT2D eigenvalue weighted by Crippen LogP contribution is 2.37. The molecule has 0 spiro atoms. The summed E-state index contributed by atoms with van der Waals surface area (Å²) in [6.07, 6.45) is -7.19. The van der Waals surface area contributed by atoms with E-state index in [9.17, 15) is 56.2 Å². The van der Waals surface area contributed by atoms with Crippen LogP contribution in [0.25, 0.3) is 0 Å². The van der Waals surface area contributed by atoms with Gasteiger partial charge in [0.1, 0.15) is 47.7 Å². The number of nitrogens with one attached hydrogen (secondary N) is 4. The molecule has 63 heavy (non-hydrogen) atoms. The second kappa shape index (κ2) is 20.3. The molecule has 3 fully saturated rings. The Morgan fingerprint density at radius 2 is 1.65 bits per heavy atom. The fourth-order valence-corrected chi connectivity index (χ4v) is 8.04. The molecule has 5 N–H and O–H groups in total. The number of carbonyl (C=O) groups is 7. The third-order valence-electron chi connectivity index (χ3n) is 11.7. The van der Waals surface area contributed by atoms with Crippen molar-refractivity contribution in [3.8, 4) is 0 Å². The Kier molecular flexibility index (Phi) is 16.5. The van der Waals surface area contributed by atoms with Crippen molar-refractivity contribution in [2.45, 2.75) is 140 Å². The molecule has 7 amide bonds. The molecule has 22 heteroatoms. The van der Waals surface area contributed by atoms with Crippen LogP contribution in [0.1, 0.15) is 85.1 Å². The van der Waals surface area contributed by atoms with Crippen LogP contribution in [0.4, 0.5) is 22.0 Å². The first-order valence-electron chi connectivity index (χ1n) is 20.7. The summed E-state index contributed by atoms with van der Waals surface area (Å²) in [5, 5.41) is 20.2. The number of alkyl halides is 4. The van der Waals surface area contributed by atoms with Gasteiger partial charge in [0.05, 0.1) is 11.6 Å². The topological polar surface area (TPSA) is 198 Å². The first-order valence-corrected chi connectivity index (χ1v) is 21.5. The molecular weight excluding hydrogens is 884 g/mol. The number of halogens is 7. The molecule has 0 bridgehead atoms. The highest BCUT2D eigenvalue weighted by molar-refractivity contribution is 6.33. The fraction of sp³-hybridized carbons (Fsp3) is 0.683. The number of likely N-dealkylation sites (tertiary alicyclic amines) is 1. The Balaban J connectivity index is 1.67. The normalized spacial score (nSPS) is 25.7. The number of hydrogen-bond donors (Lipinski definition) is 5. The number of nitrogens with zero attached hydrogens (tertiary/aromatic N) is 3. The van der Waals surface area contributed by atoms with Crippen molar-refractivity contribution >= 4 is 64.6 Å². The summed E-state index contributed by atoms with van der Waals surface area (Å²) in [5.41, 5.74) is -5.66. The zero-order valence-electron chi connectivity index (χ0n) is 36.1. The van der Waals surface area contributed by atoms with Crippen LogP contribution in [0.2, 0.25) is 10.0 Å². The summed E-state index contributed by atoms with van der Waals surface area (Å²) >= 11 is 12.4. The van der Waals surface area contributed by atoms with Gasteiger partial charge < -0.3 is 41.1 Å². The van der Waals surface area contributed by atoms with Gasteiger partial charge in [0, 0.05) is 44.1 Å². The van der Waals surface area contributed by atoms with E-state index >= 15 is 4.39 Å². The van der Waals surface area contributed by atoms with E-state index in [1.54, 1.807) is 13.8 Å². The molecule has 1 saturated carbocycles. The Labute approximate surface area is 372 Å². The van der Waals surface area contributed by atoms with Gasteiger partial charge in [-0.2, -0.15) is 13.2 Å². The lowest BCUT2D eigenvalue weighted by atomic mass is 9.97. The minimum atomic E-state index is -5.45. The van der Waals surface area contributed by atoms with Crippen LogP contribution < -0.4 is 21.3 Å². The lowest BCUT2D eigenvalue weighted by molar-refractivity contribution is -0.250. The van der Waals surface area contributed by atoms with Crippen LogP contribution in [-0.2, 0) is 40.0 Å². The monoisotopic (exact) mass is 939 g/mol. The molecule has 1 aromatic carbocycles. The summed E-state index contributed by atoms with van der Waals surface area (Å²) in [5.74, 6) is -8.57. The Morgan fingerprint density at radius 1 is 1.03 bits per heavy atom. The van der Waals surface area contributed by atoms with Crippen molar-refractivity contribution in [3.05, 3.63) is 33.6 Å². The number of carbonyl (C=O) groups excluding carboxylic acids is 7. The molecule has 2 aliphatic heterocycles. The van der Waals surface area contributed by atoms with Gasteiger partial charge in [0.2, 0.25) is 41.0 Å². The minimum absolute atomic E-state index is 0.0238. The summed E-state index contributed by atoms with van der Waals surface area (Å²) in [6, 6.07) is -4.77. The zero-order chi connectivity index (χ0) is 47.5. The number of rotatable bonds is 10. The van der Waals surface area contributed by atoms with Gasteiger partial charge in [-0.05, 0) is 83.3 Å². The minimum Gasteiger partial charge on any atom is -0.373 e. The van der Waals surface area contributed by atoms with Crippen molar-refractivity contribution in [3.63, 3.8) is 0 Å². The van der Waals surface area contributed by atoms with Gasteiger partial charge in [-0.1, -0.05) is 37.0 Å². The van der Waals surface area contributed by atoms with Crippen LogP contribution in [0, 0.1) is 17.7 Å². The molecule has 0 radical (unpaired) electrons. The summed E-state index contributed by atoms with van der Waals surface area (Å²) < 4.78 is 70.8. The van der Waals surface area contributed by atoms with E-state index in [4.69, 9.17) is 23.2 Å². The number of likely N-dealkylation sites (N-methyl/N-ethyl adjacent to an activating group) is 2. The maximum absolute atomic E-state index is 15.4. The number of benzene rings is 1. The quantitative estimate of drug-likeness (QED) is 0.174. The van der Waals surface area contributed by atoms with Crippen LogP contribution in [0.15, 0.2) is 12.1 Å². The molecule has 2 heterocycles. The standard InChI is InChI=1S/C41H56Cl2F5N7O8/c1-20(2)16-26-35(59)54(7)28(18-23-24(42)13-14-25(43)30(23)45)34(58)52-39(3,4)37(61)49-15-9-8-10-27(32(56)50-26)53(6)36(60)31(21-11-12-21)51-33(57)29-17-22(44)19-55(29)38(62)40(5,63)41(46,47)48/h13-14,20-22,26-29,31,63H,8-12,15-19H2,1-7H3,(H,49,61)(H,50,56)(H,51,57)(H,52,58)/t22-,26+,27+,28+,29+,31+,40-/m1/s1. The average molecular weight is 941 g/mol. The third-order valence-corrected chi connectivity index (χ3v) is 12.4. The van der Waals surface area contributed by atoms with E-state index in [0.717, 1.165) is 9.80 Å². The second-order valence-electron chi connectivity index (χ2n) is 17.7. The Hall–Kier alpha value is -4.30. The molecule has 1 aromatic rings. The molecule has 4 rings (SSSR count). The second-order valence-corrected chi connectivity index (χ2v) is 18.5. The van der Waals surface area contributed by atoms with Gasteiger partial charge in [-0.3, -0.25) is 33.6 Å². The maximum atomic E-state index is 15.4. The van der Waals surface area contributed by atoms with Crippen molar-refractivity contribution in [1.29, 1.82) is 0 Å². The molecule has 0 aromatic heterocycles. The number of hydrogen-bond acceptors (Lipinski definition) is 8. The summed E-state index contributed by atoms with van der Waals surface area (Å²) in [6.45, 7) is 5.78. The zero-order valence-corrected chi connectivity index (χ0v) is 37.6. The van der Waals surface area contributed by atoms with Gasteiger partial charge in [-0.25, -0.2) is 8.78 Å². The lowest BCUT2D eigenvalue weighted by Gasteiger charge is -2.36. The van der Waals surface area contributed by atoms with Gasteiger partial charge in [0.15, 0.2) is 0 Å². The summed E-state index contributed by atoms with van der Waals surface area (Å²) in [4.78, 5) is 99.4.